The van der Waals surface area contributed by atoms with E-state index in [-0.39, 0.29) is 12.5 Å². The Morgan fingerprint density at radius 3 is 2.29 bits per heavy atom. The van der Waals surface area contributed by atoms with E-state index in [4.69, 9.17) is 4.74 Å². The number of likely N-dealkylation sites (N-methyl/N-ethyl adjacent to an activating group) is 1. The van der Waals surface area contributed by atoms with Crippen molar-refractivity contribution in [2.24, 2.45) is 0 Å². The summed E-state index contributed by atoms with van der Waals surface area (Å²) in [6.45, 7) is 5.87. The predicted molar refractivity (Wildman–Crippen MR) is 119 cm³/mol. The Bertz CT molecular complexity index is 1200. The number of nitrogens with zero attached hydrogens (tertiary/aromatic N) is 4. The number of benzene rings is 2. The third kappa shape index (κ3) is 3.98. The fourth-order valence-electron chi connectivity index (χ4n) is 3.98. The van der Waals surface area contributed by atoms with Gasteiger partial charge in [-0.15, -0.1) is 0 Å². The molecule has 0 N–H and O–H groups in total. The van der Waals surface area contributed by atoms with Crippen LogP contribution in [0.15, 0.2) is 58.1 Å². The van der Waals surface area contributed by atoms with Crippen LogP contribution in [0.4, 0.5) is 0 Å². The van der Waals surface area contributed by atoms with E-state index in [1.165, 1.54) is 4.57 Å². The van der Waals surface area contributed by atoms with Gasteiger partial charge in [0.25, 0.3) is 5.56 Å². The summed E-state index contributed by atoms with van der Waals surface area (Å²) in [5.41, 5.74) is -0.0532. The number of aromatic nitrogens is 2. The van der Waals surface area contributed by atoms with Crippen molar-refractivity contribution in [2.45, 2.75) is 13.5 Å². The first-order valence-electron chi connectivity index (χ1n) is 10.4. The minimum absolute atomic E-state index is 0.109. The molecular weight excluding hydrogens is 396 g/mol. The quantitative estimate of drug-likeness (QED) is 0.620. The van der Waals surface area contributed by atoms with Gasteiger partial charge in [0.05, 0.1) is 23.7 Å². The first-order chi connectivity index (χ1) is 15.0. The third-order valence-corrected chi connectivity index (χ3v) is 5.85. The molecule has 162 valence electrons. The molecule has 1 fully saturated rings. The van der Waals surface area contributed by atoms with Crippen LogP contribution in [0, 0.1) is 0 Å². The third-order valence-electron chi connectivity index (χ3n) is 5.85. The molecule has 8 heteroatoms. The number of carbonyl (C=O) groups excluding carboxylic acids is 1. The van der Waals surface area contributed by atoms with Gasteiger partial charge >= 0.3 is 5.69 Å². The highest BCUT2D eigenvalue weighted by atomic mass is 16.5. The Kier molecular flexibility index (Phi) is 5.90. The largest absolute Gasteiger partial charge is 0.497 e. The molecule has 1 amide bonds. The lowest BCUT2D eigenvalue weighted by atomic mass is 10.2. The minimum Gasteiger partial charge on any atom is -0.497 e. The number of carbonyl (C=O) groups is 1. The van der Waals surface area contributed by atoms with Crippen molar-refractivity contribution < 1.29 is 9.53 Å². The second-order valence-corrected chi connectivity index (χ2v) is 7.54. The average molecular weight is 422 g/mol. The number of ether oxygens (including phenoxy) is 1. The second-order valence-electron chi connectivity index (χ2n) is 7.54. The van der Waals surface area contributed by atoms with Gasteiger partial charge in [0.1, 0.15) is 12.3 Å². The molecule has 1 aliphatic rings. The van der Waals surface area contributed by atoms with Gasteiger partial charge < -0.3 is 14.5 Å². The molecule has 2 heterocycles. The molecule has 0 aliphatic carbocycles. The van der Waals surface area contributed by atoms with E-state index in [0.717, 1.165) is 24.2 Å². The van der Waals surface area contributed by atoms with E-state index in [2.05, 4.69) is 11.8 Å². The fraction of sp³-hybridized carbons (Fsp3) is 0.348. The molecule has 1 saturated heterocycles. The second kappa shape index (κ2) is 8.77. The number of hydrogen-bond acceptors (Lipinski definition) is 5. The molecular formula is C23H26N4O4. The van der Waals surface area contributed by atoms with Crippen LogP contribution in [0.3, 0.4) is 0 Å². The van der Waals surface area contributed by atoms with Crippen molar-refractivity contribution in [3.05, 3.63) is 69.4 Å². The molecule has 0 saturated carbocycles. The SMILES string of the molecule is CCN1CCN(C(=O)Cn2c(=O)n(-c3ccc(OC)cc3)c(=O)c3ccccc32)CC1. The van der Waals surface area contributed by atoms with E-state index in [0.29, 0.717) is 35.4 Å². The molecule has 1 aromatic heterocycles. The molecule has 0 spiro atoms. The lowest BCUT2D eigenvalue weighted by Crippen LogP contribution is -2.50. The van der Waals surface area contributed by atoms with Crippen LogP contribution in [0.5, 0.6) is 5.75 Å². The van der Waals surface area contributed by atoms with Crippen LogP contribution in [0.2, 0.25) is 0 Å². The highest BCUT2D eigenvalue weighted by molar-refractivity contribution is 5.82. The zero-order chi connectivity index (χ0) is 22.0. The van der Waals surface area contributed by atoms with Gasteiger partial charge in [-0.25, -0.2) is 9.36 Å². The zero-order valence-electron chi connectivity index (χ0n) is 17.8. The fourth-order valence-corrected chi connectivity index (χ4v) is 3.98. The smallest absolute Gasteiger partial charge is 0.336 e. The lowest BCUT2D eigenvalue weighted by Gasteiger charge is -2.34. The van der Waals surface area contributed by atoms with E-state index in [1.807, 2.05) is 0 Å². The summed E-state index contributed by atoms with van der Waals surface area (Å²) in [4.78, 5) is 43.6. The van der Waals surface area contributed by atoms with Crippen LogP contribution in [-0.4, -0.2) is 64.7 Å². The Balaban J connectivity index is 1.77. The standard InChI is InChI=1S/C23H26N4O4/c1-3-24-12-14-25(15-13-24)21(28)16-26-20-7-5-4-6-19(20)22(29)27(23(26)30)17-8-10-18(31-2)11-9-17/h4-11H,3,12-16H2,1-2H3. The number of fused-ring (bicyclic) bond motifs is 1. The monoisotopic (exact) mass is 422 g/mol. The van der Waals surface area contributed by atoms with Gasteiger partial charge in [0.2, 0.25) is 5.91 Å². The summed E-state index contributed by atoms with van der Waals surface area (Å²) in [6, 6.07) is 13.6. The average Bonchev–Trinajstić information content (AvgIpc) is 2.82. The molecule has 0 bridgehead atoms. The summed E-state index contributed by atoms with van der Waals surface area (Å²) in [5.74, 6) is 0.502. The molecule has 0 atom stereocenters. The van der Waals surface area contributed by atoms with Crippen molar-refractivity contribution in [1.82, 2.24) is 18.9 Å². The molecule has 8 nitrogen and oxygen atoms in total. The Labute approximate surface area is 179 Å². The molecule has 4 rings (SSSR count). The lowest BCUT2D eigenvalue weighted by molar-refractivity contribution is -0.133. The van der Waals surface area contributed by atoms with Crippen molar-refractivity contribution in [3.8, 4) is 11.4 Å². The number of rotatable bonds is 5. The van der Waals surface area contributed by atoms with Crippen molar-refractivity contribution >= 4 is 16.8 Å². The Morgan fingerprint density at radius 2 is 1.65 bits per heavy atom. The van der Waals surface area contributed by atoms with Gasteiger partial charge in [-0.3, -0.25) is 14.2 Å². The van der Waals surface area contributed by atoms with Crippen molar-refractivity contribution in [2.75, 3.05) is 39.8 Å². The summed E-state index contributed by atoms with van der Waals surface area (Å²) in [7, 11) is 1.55. The van der Waals surface area contributed by atoms with Crippen LogP contribution < -0.4 is 16.0 Å². The van der Waals surface area contributed by atoms with E-state index >= 15 is 0 Å². The molecule has 2 aromatic carbocycles. The maximum absolute atomic E-state index is 13.4. The normalized spacial score (nSPS) is 14.7. The maximum atomic E-state index is 13.4. The Hall–Kier alpha value is -3.39. The summed E-state index contributed by atoms with van der Waals surface area (Å²) in [6.07, 6.45) is 0. The zero-order valence-corrected chi connectivity index (χ0v) is 17.8. The Morgan fingerprint density at radius 1 is 0.968 bits per heavy atom. The summed E-state index contributed by atoms with van der Waals surface area (Å²) < 4.78 is 7.68. The predicted octanol–water partition coefficient (Wildman–Crippen LogP) is 1.33. The van der Waals surface area contributed by atoms with Crippen LogP contribution in [0.1, 0.15) is 6.92 Å². The van der Waals surface area contributed by atoms with Gasteiger partial charge in [0.15, 0.2) is 0 Å². The topological polar surface area (TPSA) is 76.8 Å². The van der Waals surface area contributed by atoms with Gasteiger partial charge in [0, 0.05) is 26.2 Å². The minimum atomic E-state index is -0.533. The van der Waals surface area contributed by atoms with Crippen LogP contribution >= 0.6 is 0 Å². The van der Waals surface area contributed by atoms with E-state index in [1.54, 1.807) is 60.5 Å². The van der Waals surface area contributed by atoms with Gasteiger partial charge in [-0.05, 0) is 42.9 Å². The van der Waals surface area contributed by atoms with Crippen LogP contribution in [0.25, 0.3) is 16.6 Å². The molecule has 1 aliphatic heterocycles. The van der Waals surface area contributed by atoms with Gasteiger partial charge in [-0.1, -0.05) is 19.1 Å². The number of methoxy groups -OCH3 is 1. The maximum Gasteiger partial charge on any atom is 0.336 e. The number of amides is 1. The van der Waals surface area contributed by atoms with Gasteiger partial charge in [-0.2, -0.15) is 0 Å². The molecule has 3 aromatic rings. The summed E-state index contributed by atoms with van der Waals surface area (Å²) >= 11 is 0. The highest BCUT2D eigenvalue weighted by Gasteiger charge is 2.22. The van der Waals surface area contributed by atoms with Crippen LogP contribution in [-0.2, 0) is 11.3 Å². The van der Waals surface area contributed by atoms with Crippen molar-refractivity contribution in [1.29, 1.82) is 0 Å². The highest BCUT2D eigenvalue weighted by Crippen LogP contribution is 2.15. The molecule has 31 heavy (non-hydrogen) atoms. The van der Waals surface area contributed by atoms with E-state index in [9.17, 15) is 14.4 Å². The first kappa shape index (κ1) is 20.9. The molecule has 0 radical (unpaired) electrons. The first-order valence-corrected chi connectivity index (χ1v) is 10.4. The van der Waals surface area contributed by atoms with Crippen molar-refractivity contribution in [3.63, 3.8) is 0 Å². The number of piperazine rings is 1. The van der Waals surface area contributed by atoms with E-state index < -0.39 is 11.2 Å². The summed E-state index contributed by atoms with van der Waals surface area (Å²) in [5, 5.41) is 0.390. The molecule has 0 unspecified atom stereocenters. The number of para-hydroxylation sites is 1. The number of hydrogen-bond donors (Lipinski definition) is 0.